The number of alkyl halides is 3. The number of rotatable bonds is 1. The molecule has 94 valence electrons. The van der Waals surface area contributed by atoms with Crippen LogP contribution in [-0.2, 0) is 6.18 Å². The highest BCUT2D eigenvalue weighted by Gasteiger charge is 2.37. The third-order valence-electron chi connectivity index (χ3n) is 2.47. The SMILES string of the molecule is Oc1cc(O)c(C(F)(F)F)c(-c2ccccc2)c1. The van der Waals surface area contributed by atoms with Crippen LogP contribution in [0.25, 0.3) is 11.1 Å². The van der Waals surface area contributed by atoms with Crippen molar-refractivity contribution in [1.29, 1.82) is 0 Å². The lowest BCUT2D eigenvalue weighted by Gasteiger charge is -2.15. The average Bonchev–Trinajstić information content (AvgIpc) is 2.27. The summed E-state index contributed by atoms with van der Waals surface area (Å²) in [6.07, 6.45) is -4.69. The van der Waals surface area contributed by atoms with Gasteiger partial charge in [0.2, 0.25) is 0 Å². The molecule has 0 amide bonds. The van der Waals surface area contributed by atoms with Gasteiger partial charge in [-0.15, -0.1) is 0 Å². The summed E-state index contributed by atoms with van der Waals surface area (Å²) in [6, 6.07) is 9.44. The van der Waals surface area contributed by atoms with Crippen LogP contribution in [0.1, 0.15) is 5.56 Å². The molecule has 0 aliphatic rings. The fraction of sp³-hybridized carbons (Fsp3) is 0.0769. The molecule has 2 aromatic carbocycles. The van der Waals surface area contributed by atoms with Crippen LogP contribution in [0.15, 0.2) is 42.5 Å². The largest absolute Gasteiger partial charge is 0.508 e. The van der Waals surface area contributed by atoms with E-state index in [2.05, 4.69) is 0 Å². The summed E-state index contributed by atoms with van der Waals surface area (Å²) in [5.41, 5.74) is -1.12. The van der Waals surface area contributed by atoms with Crippen molar-refractivity contribution in [2.75, 3.05) is 0 Å². The molecule has 2 N–H and O–H groups in total. The molecule has 18 heavy (non-hydrogen) atoms. The van der Waals surface area contributed by atoms with E-state index >= 15 is 0 Å². The number of aromatic hydroxyl groups is 2. The summed E-state index contributed by atoms with van der Waals surface area (Å²) in [5, 5.41) is 18.7. The van der Waals surface area contributed by atoms with Gasteiger partial charge in [-0.3, -0.25) is 0 Å². The van der Waals surface area contributed by atoms with Crippen LogP contribution in [0, 0.1) is 0 Å². The molecule has 2 nitrogen and oxygen atoms in total. The van der Waals surface area contributed by atoms with Crippen LogP contribution in [0.5, 0.6) is 11.5 Å². The maximum atomic E-state index is 12.9. The Labute approximate surface area is 101 Å². The van der Waals surface area contributed by atoms with Gasteiger partial charge < -0.3 is 10.2 Å². The highest BCUT2D eigenvalue weighted by molar-refractivity contribution is 5.72. The van der Waals surface area contributed by atoms with Crippen LogP contribution >= 0.6 is 0 Å². The van der Waals surface area contributed by atoms with E-state index in [1.807, 2.05) is 0 Å². The Morgan fingerprint density at radius 2 is 1.50 bits per heavy atom. The average molecular weight is 254 g/mol. The van der Waals surface area contributed by atoms with Crippen molar-refractivity contribution in [2.45, 2.75) is 6.18 Å². The summed E-state index contributed by atoms with van der Waals surface area (Å²) in [7, 11) is 0. The predicted molar refractivity (Wildman–Crippen MR) is 60.2 cm³/mol. The molecule has 0 aromatic heterocycles. The zero-order chi connectivity index (χ0) is 13.3. The molecule has 0 fully saturated rings. The lowest BCUT2D eigenvalue weighted by atomic mass is 9.98. The molecule has 0 spiro atoms. The van der Waals surface area contributed by atoms with Gasteiger partial charge in [-0.2, -0.15) is 13.2 Å². The molecule has 0 radical (unpaired) electrons. The second-order valence-electron chi connectivity index (χ2n) is 3.75. The first-order valence-electron chi connectivity index (χ1n) is 5.08. The quantitative estimate of drug-likeness (QED) is 0.812. The summed E-state index contributed by atoms with van der Waals surface area (Å²) in [5.74, 6) is -1.40. The van der Waals surface area contributed by atoms with Gasteiger partial charge in [-0.25, -0.2) is 0 Å². The van der Waals surface area contributed by atoms with E-state index in [9.17, 15) is 23.4 Å². The summed E-state index contributed by atoms with van der Waals surface area (Å²) >= 11 is 0. The van der Waals surface area contributed by atoms with Crippen molar-refractivity contribution in [3.63, 3.8) is 0 Å². The topological polar surface area (TPSA) is 40.5 Å². The molecule has 0 bridgehead atoms. The Kier molecular flexibility index (Phi) is 2.90. The number of benzene rings is 2. The van der Waals surface area contributed by atoms with Crippen molar-refractivity contribution in [2.24, 2.45) is 0 Å². The molecule has 0 saturated heterocycles. The molecule has 0 unspecified atom stereocenters. The number of phenolic OH excluding ortho intramolecular Hbond substituents is 2. The van der Waals surface area contributed by atoms with Crippen LogP contribution < -0.4 is 0 Å². The molecule has 5 heteroatoms. The highest BCUT2D eigenvalue weighted by atomic mass is 19.4. The predicted octanol–water partition coefficient (Wildman–Crippen LogP) is 3.78. The summed E-state index contributed by atoms with van der Waals surface area (Å²) in [4.78, 5) is 0. The van der Waals surface area contributed by atoms with Crippen LogP contribution in [-0.4, -0.2) is 10.2 Å². The maximum Gasteiger partial charge on any atom is 0.420 e. The van der Waals surface area contributed by atoms with Gasteiger partial charge >= 0.3 is 6.18 Å². The van der Waals surface area contributed by atoms with Gasteiger partial charge in [0.15, 0.2) is 0 Å². The fourth-order valence-electron chi connectivity index (χ4n) is 1.76. The van der Waals surface area contributed by atoms with Gasteiger partial charge in [-0.1, -0.05) is 30.3 Å². The Hall–Kier alpha value is -2.17. The molecule has 2 rings (SSSR count). The molecule has 0 saturated carbocycles. The van der Waals surface area contributed by atoms with Crippen molar-refractivity contribution in [1.82, 2.24) is 0 Å². The zero-order valence-electron chi connectivity index (χ0n) is 9.07. The van der Waals surface area contributed by atoms with E-state index < -0.39 is 23.2 Å². The van der Waals surface area contributed by atoms with Gasteiger partial charge in [0.05, 0.1) is 0 Å². The molecular formula is C13H9F3O2. The Morgan fingerprint density at radius 3 is 2.06 bits per heavy atom. The fourth-order valence-corrected chi connectivity index (χ4v) is 1.76. The van der Waals surface area contributed by atoms with Crippen LogP contribution in [0.3, 0.4) is 0 Å². The minimum atomic E-state index is -4.69. The Bertz CT molecular complexity index is 562. The number of hydrogen-bond donors (Lipinski definition) is 2. The Balaban J connectivity index is 2.74. The smallest absolute Gasteiger partial charge is 0.420 e. The standard InChI is InChI=1S/C13H9F3O2/c14-13(15,16)12-10(6-9(17)7-11(12)18)8-4-2-1-3-5-8/h1-7,17-18H. The number of phenols is 2. The summed E-state index contributed by atoms with van der Waals surface area (Å²) < 4.78 is 38.7. The van der Waals surface area contributed by atoms with Gasteiger partial charge in [-0.05, 0) is 11.6 Å². The first kappa shape index (κ1) is 12.3. The molecule has 0 atom stereocenters. The molecule has 2 aromatic rings. The zero-order valence-corrected chi connectivity index (χ0v) is 9.07. The monoisotopic (exact) mass is 254 g/mol. The third kappa shape index (κ3) is 2.25. The lowest BCUT2D eigenvalue weighted by molar-refractivity contribution is -0.138. The van der Waals surface area contributed by atoms with Crippen molar-refractivity contribution in [3.8, 4) is 22.6 Å². The Morgan fingerprint density at radius 1 is 0.889 bits per heavy atom. The number of halogens is 3. The highest BCUT2D eigenvalue weighted by Crippen LogP contribution is 2.44. The minimum Gasteiger partial charge on any atom is -0.508 e. The molecular weight excluding hydrogens is 245 g/mol. The van der Waals surface area contributed by atoms with E-state index in [-0.39, 0.29) is 11.1 Å². The van der Waals surface area contributed by atoms with E-state index in [0.717, 1.165) is 6.07 Å². The van der Waals surface area contributed by atoms with Crippen LogP contribution in [0.2, 0.25) is 0 Å². The third-order valence-corrected chi connectivity index (χ3v) is 2.47. The lowest BCUT2D eigenvalue weighted by Crippen LogP contribution is -2.07. The van der Waals surface area contributed by atoms with Crippen LogP contribution in [0.4, 0.5) is 13.2 Å². The summed E-state index contributed by atoms with van der Waals surface area (Å²) in [6.45, 7) is 0. The minimum absolute atomic E-state index is 0.249. The first-order chi connectivity index (χ1) is 8.39. The first-order valence-corrected chi connectivity index (χ1v) is 5.08. The van der Waals surface area contributed by atoms with Gasteiger partial charge in [0.25, 0.3) is 0 Å². The molecule has 0 aliphatic carbocycles. The normalized spacial score (nSPS) is 11.5. The van der Waals surface area contributed by atoms with Crippen molar-refractivity contribution < 1.29 is 23.4 Å². The maximum absolute atomic E-state index is 12.9. The van der Waals surface area contributed by atoms with E-state index in [1.54, 1.807) is 18.2 Å². The van der Waals surface area contributed by atoms with Gasteiger partial charge in [0.1, 0.15) is 17.1 Å². The van der Waals surface area contributed by atoms with Crippen molar-refractivity contribution in [3.05, 3.63) is 48.0 Å². The second-order valence-corrected chi connectivity index (χ2v) is 3.75. The molecule has 0 aliphatic heterocycles. The van der Waals surface area contributed by atoms with E-state index in [4.69, 9.17) is 0 Å². The van der Waals surface area contributed by atoms with Crippen molar-refractivity contribution >= 4 is 0 Å². The number of hydrogen-bond acceptors (Lipinski definition) is 2. The van der Waals surface area contributed by atoms with Gasteiger partial charge in [0, 0.05) is 11.6 Å². The second kappa shape index (κ2) is 4.25. The molecule has 0 heterocycles. The van der Waals surface area contributed by atoms with E-state index in [0.29, 0.717) is 6.07 Å². The van der Waals surface area contributed by atoms with E-state index in [1.165, 1.54) is 12.1 Å².